The summed E-state index contributed by atoms with van der Waals surface area (Å²) in [6.07, 6.45) is 7.44. The van der Waals surface area contributed by atoms with Crippen LogP contribution in [0.4, 0.5) is 0 Å². The van der Waals surface area contributed by atoms with Gasteiger partial charge in [0.25, 0.3) is 0 Å². The molecule has 0 spiro atoms. The van der Waals surface area contributed by atoms with E-state index in [1.165, 1.54) is 0 Å². The molecule has 0 amide bonds. The molecule has 0 radical (unpaired) electrons. The van der Waals surface area contributed by atoms with Gasteiger partial charge in [-0.15, -0.1) is 0 Å². The van der Waals surface area contributed by atoms with Crippen LogP contribution in [0.2, 0.25) is 0 Å². The fourth-order valence-electron chi connectivity index (χ4n) is 4.87. The van der Waals surface area contributed by atoms with Gasteiger partial charge in [-0.1, -0.05) is 0 Å². The van der Waals surface area contributed by atoms with Crippen LogP contribution in [0.3, 0.4) is 0 Å². The zero-order chi connectivity index (χ0) is 19.8. The van der Waals surface area contributed by atoms with E-state index in [1.807, 2.05) is 0 Å². The van der Waals surface area contributed by atoms with Crippen molar-refractivity contribution in [2.75, 3.05) is 19.8 Å². The Hall–Kier alpha value is -1.22. The fourth-order valence-corrected chi connectivity index (χ4v) is 4.87. The van der Waals surface area contributed by atoms with Gasteiger partial charge in [-0.25, -0.2) is 0 Å². The molecule has 5 rings (SSSR count). The first-order valence-electron chi connectivity index (χ1n) is 11.0. The molecule has 8 unspecified atom stereocenters. The number of fused-ring (bicyclic) bond motifs is 2. The van der Waals surface area contributed by atoms with Gasteiger partial charge in [0.1, 0.15) is 12.7 Å². The molecule has 2 saturated carbocycles. The van der Waals surface area contributed by atoms with Crippen molar-refractivity contribution in [3.8, 4) is 0 Å². The lowest BCUT2D eigenvalue weighted by Gasteiger charge is -2.24. The molecule has 8 nitrogen and oxygen atoms in total. The third kappa shape index (κ3) is 5.10. The van der Waals surface area contributed by atoms with Gasteiger partial charge in [0, 0.05) is 5.92 Å². The maximum atomic E-state index is 11.9. The highest BCUT2D eigenvalue weighted by Crippen LogP contribution is 2.42. The van der Waals surface area contributed by atoms with Crippen LogP contribution in [-0.4, -0.2) is 68.6 Å². The van der Waals surface area contributed by atoms with Gasteiger partial charge in [0.2, 0.25) is 0 Å². The quantitative estimate of drug-likeness (QED) is 0.441. The summed E-state index contributed by atoms with van der Waals surface area (Å²) in [7, 11) is 0. The van der Waals surface area contributed by atoms with E-state index in [0.717, 1.165) is 38.5 Å². The third-order valence-corrected chi connectivity index (χ3v) is 6.76. The maximum Gasteiger partial charge on any atom is 0.306 e. The Kier molecular flexibility index (Phi) is 5.78. The highest BCUT2D eigenvalue weighted by atomic mass is 16.7. The monoisotopic (exact) mass is 410 g/mol. The number of epoxide rings is 2. The van der Waals surface area contributed by atoms with Gasteiger partial charge >= 0.3 is 11.9 Å². The molecule has 162 valence electrons. The van der Waals surface area contributed by atoms with Crippen LogP contribution >= 0.6 is 0 Å². The lowest BCUT2D eigenvalue weighted by Crippen LogP contribution is -2.28. The van der Waals surface area contributed by atoms with Gasteiger partial charge < -0.3 is 28.4 Å². The van der Waals surface area contributed by atoms with Crippen LogP contribution in [0.1, 0.15) is 51.4 Å². The molecule has 0 bridgehead atoms. The SMILES string of the molecule is O=C(CCC(=O)OCC1COC(C2CCC3OC3C2)O1)OCC1CCC2OC2C1. The number of ether oxygens (including phenoxy) is 6. The molecule has 29 heavy (non-hydrogen) atoms. The predicted octanol–water partition coefficient (Wildman–Crippen LogP) is 1.73. The van der Waals surface area contributed by atoms with Gasteiger partial charge in [-0.3, -0.25) is 9.59 Å². The minimum absolute atomic E-state index is 0.0251. The summed E-state index contributed by atoms with van der Waals surface area (Å²) >= 11 is 0. The van der Waals surface area contributed by atoms with Crippen molar-refractivity contribution in [3.05, 3.63) is 0 Å². The van der Waals surface area contributed by atoms with E-state index in [9.17, 15) is 9.59 Å². The summed E-state index contributed by atoms with van der Waals surface area (Å²) in [5.74, 6) is -0.0219. The van der Waals surface area contributed by atoms with E-state index in [4.69, 9.17) is 28.4 Å². The maximum absolute atomic E-state index is 11.9. The Morgan fingerprint density at radius 2 is 1.45 bits per heavy atom. The van der Waals surface area contributed by atoms with Crippen LogP contribution < -0.4 is 0 Å². The Morgan fingerprint density at radius 1 is 0.759 bits per heavy atom. The van der Waals surface area contributed by atoms with Gasteiger partial charge in [0.15, 0.2) is 6.29 Å². The molecular formula is C21H30O8. The third-order valence-electron chi connectivity index (χ3n) is 6.76. The van der Waals surface area contributed by atoms with Crippen molar-refractivity contribution in [1.82, 2.24) is 0 Å². The first-order valence-corrected chi connectivity index (χ1v) is 11.0. The highest BCUT2D eigenvalue weighted by molar-refractivity contribution is 5.77. The van der Waals surface area contributed by atoms with E-state index in [-0.39, 0.29) is 37.8 Å². The smallest absolute Gasteiger partial charge is 0.306 e. The fraction of sp³-hybridized carbons (Fsp3) is 0.905. The number of carbonyl (C=O) groups is 2. The topological polar surface area (TPSA) is 96.1 Å². The number of hydrogen-bond donors (Lipinski definition) is 0. The van der Waals surface area contributed by atoms with Crippen molar-refractivity contribution in [3.63, 3.8) is 0 Å². The Bertz CT molecular complexity index is 624. The molecule has 0 aromatic heterocycles. The van der Waals surface area contributed by atoms with Crippen molar-refractivity contribution in [2.24, 2.45) is 11.8 Å². The lowest BCUT2D eigenvalue weighted by atomic mass is 9.89. The van der Waals surface area contributed by atoms with Crippen LogP contribution in [0.25, 0.3) is 0 Å². The summed E-state index contributed by atoms with van der Waals surface area (Å²) < 4.78 is 33.3. The van der Waals surface area contributed by atoms with Crippen LogP contribution in [0.15, 0.2) is 0 Å². The van der Waals surface area contributed by atoms with E-state index in [2.05, 4.69) is 0 Å². The standard InChI is InChI=1S/C21H30O8/c22-19(24-9-12-1-3-15-17(7-12)28-15)5-6-20(23)25-10-14-11-26-21(27-14)13-2-4-16-18(8-13)29-16/h12-18,21H,1-11H2. The summed E-state index contributed by atoms with van der Waals surface area (Å²) in [6.45, 7) is 1.01. The number of carbonyl (C=O) groups excluding carboxylic acids is 2. The Labute approximate surface area is 170 Å². The summed E-state index contributed by atoms with van der Waals surface area (Å²) in [5.41, 5.74) is 0. The Morgan fingerprint density at radius 3 is 2.17 bits per heavy atom. The average molecular weight is 410 g/mol. The van der Waals surface area contributed by atoms with Gasteiger partial charge in [0.05, 0.1) is 50.5 Å². The van der Waals surface area contributed by atoms with Gasteiger partial charge in [-0.2, -0.15) is 0 Å². The van der Waals surface area contributed by atoms with E-state index < -0.39 is 5.97 Å². The molecule has 0 N–H and O–H groups in total. The predicted molar refractivity (Wildman–Crippen MR) is 97.8 cm³/mol. The zero-order valence-electron chi connectivity index (χ0n) is 16.7. The molecule has 5 aliphatic rings. The van der Waals surface area contributed by atoms with E-state index >= 15 is 0 Å². The zero-order valence-corrected chi connectivity index (χ0v) is 16.7. The number of esters is 2. The minimum atomic E-state index is -0.409. The molecule has 5 fully saturated rings. The number of hydrogen-bond acceptors (Lipinski definition) is 8. The first-order chi connectivity index (χ1) is 14.1. The molecule has 3 saturated heterocycles. The molecule has 8 atom stereocenters. The van der Waals surface area contributed by atoms with Gasteiger partial charge in [-0.05, 0) is 44.4 Å². The molecule has 0 aromatic rings. The summed E-state index contributed by atoms with van der Waals surface area (Å²) in [6, 6.07) is 0. The highest BCUT2D eigenvalue weighted by Gasteiger charge is 2.47. The van der Waals surface area contributed by atoms with Crippen molar-refractivity contribution in [2.45, 2.75) is 88.2 Å². The molecule has 0 aromatic carbocycles. The average Bonchev–Trinajstić information content (AvgIpc) is 3.63. The second-order valence-corrected chi connectivity index (χ2v) is 9.00. The van der Waals surface area contributed by atoms with Crippen LogP contribution in [-0.2, 0) is 38.0 Å². The molecule has 2 aliphatic carbocycles. The normalized spacial score (nSPS) is 42.5. The van der Waals surface area contributed by atoms with Crippen molar-refractivity contribution >= 4 is 11.9 Å². The second-order valence-electron chi connectivity index (χ2n) is 9.00. The first kappa shape index (κ1) is 19.7. The van der Waals surface area contributed by atoms with Crippen LogP contribution in [0, 0.1) is 11.8 Å². The largest absolute Gasteiger partial charge is 0.465 e. The van der Waals surface area contributed by atoms with Crippen molar-refractivity contribution in [1.29, 1.82) is 0 Å². The number of rotatable bonds is 8. The molecular weight excluding hydrogens is 380 g/mol. The molecule has 3 aliphatic heterocycles. The van der Waals surface area contributed by atoms with Crippen molar-refractivity contribution < 1.29 is 38.0 Å². The Balaban J connectivity index is 0.927. The second kappa shape index (κ2) is 8.49. The van der Waals surface area contributed by atoms with E-state index in [0.29, 0.717) is 49.5 Å². The molecule has 3 heterocycles. The van der Waals surface area contributed by atoms with E-state index in [1.54, 1.807) is 0 Å². The summed E-state index contributed by atoms with van der Waals surface area (Å²) in [4.78, 5) is 23.8. The van der Waals surface area contributed by atoms with Crippen LogP contribution in [0.5, 0.6) is 0 Å². The molecule has 8 heteroatoms. The minimum Gasteiger partial charge on any atom is -0.465 e. The lowest BCUT2D eigenvalue weighted by molar-refractivity contribution is -0.154. The summed E-state index contributed by atoms with van der Waals surface area (Å²) in [5, 5.41) is 0.